The fourth-order valence-corrected chi connectivity index (χ4v) is 3.55. The highest BCUT2D eigenvalue weighted by molar-refractivity contribution is 6.00. The Morgan fingerprint density at radius 1 is 1.21 bits per heavy atom. The van der Waals surface area contributed by atoms with E-state index < -0.39 is 5.97 Å². The molecule has 1 atom stereocenters. The first-order valence-corrected chi connectivity index (χ1v) is 8.18. The van der Waals surface area contributed by atoms with Gasteiger partial charge in [-0.2, -0.15) is 0 Å². The summed E-state index contributed by atoms with van der Waals surface area (Å²) in [7, 11) is 1.35. The zero-order chi connectivity index (χ0) is 17.3. The van der Waals surface area contributed by atoms with Gasteiger partial charge < -0.3 is 14.6 Å². The summed E-state index contributed by atoms with van der Waals surface area (Å²) in [5.74, 6) is -0.474. The number of ether oxygens (including phenoxy) is 1. The lowest BCUT2D eigenvalue weighted by Crippen LogP contribution is -2.31. The van der Waals surface area contributed by atoms with E-state index in [-0.39, 0.29) is 11.9 Å². The summed E-state index contributed by atoms with van der Waals surface area (Å²) in [6.07, 6.45) is 1.94. The molecule has 1 aliphatic heterocycles. The summed E-state index contributed by atoms with van der Waals surface area (Å²) in [6.45, 7) is 4.30. The van der Waals surface area contributed by atoms with E-state index in [9.17, 15) is 9.59 Å². The van der Waals surface area contributed by atoms with Gasteiger partial charge in [0, 0.05) is 12.2 Å². The van der Waals surface area contributed by atoms with E-state index in [1.165, 1.54) is 7.11 Å². The van der Waals surface area contributed by atoms with E-state index in [4.69, 9.17) is 4.74 Å². The number of aromatic nitrogens is 1. The number of rotatable bonds is 3. The van der Waals surface area contributed by atoms with E-state index in [0.717, 1.165) is 24.9 Å². The molecule has 1 amide bonds. The van der Waals surface area contributed by atoms with Crippen LogP contribution in [-0.2, 0) is 4.74 Å². The number of aromatic amines is 1. The molecule has 3 rings (SSSR count). The van der Waals surface area contributed by atoms with Gasteiger partial charge in [0.05, 0.1) is 18.7 Å². The van der Waals surface area contributed by atoms with Gasteiger partial charge in [-0.05, 0) is 37.8 Å². The second-order valence-corrected chi connectivity index (χ2v) is 6.18. The Kier molecular flexibility index (Phi) is 4.42. The van der Waals surface area contributed by atoms with Crippen LogP contribution in [-0.4, -0.2) is 35.4 Å². The van der Waals surface area contributed by atoms with Gasteiger partial charge in [-0.3, -0.25) is 4.79 Å². The number of H-pyrrole nitrogens is 1. The molecular formula is C19H22N2O3. The molecule has 0 aliphatic carbocycles. The molecule has 2 heterocycles. The molecule has 0 radical (unpaired) electrons. The minimum atomic E-state index is -0.415. The molecule has 5 heteroatoms. The van der Waals surface area contributed by atoms with Crippen molar-refractivity contribution < 1.29 is 14.3 Å². The summed E-state index contributed by atoms with van der Waals surface area (Å²) in [5.41, 5.74) is 3.41. The first-order chi connectivity index (χ1) is 11.5. The van der Waals surface area contributed by atoms with E-state index in [1.807, 2.05) is 23.1 Å². The minimum absolute atomic E-state index is 0.0582. The van der Waals surface area contributed by atoms with Gasteiger partial charge in [0.25, 0.3) is 5.91 Å². The molecule has 0 spiro atoms. The van der Waals surface area contributed by atoms with Gasteiger partial charge in [0.2, 0.25) is 0 Å². The van der Waals surface area contributed by atoms with E-state index in [2.05, 4.69) is 17.1 Å². The molecular weight excluding hydrogens is 304 g/mol. The lowest BCUT2D eigenvalue weighted by Gasteiger charge is -2.25. The minimum Gasteiger partial charge on any atom is -0.465 e. The van der Waals surface area contributed by atoms with Crippen LogP contribution in [0.5, 0.6) is 0 Å². The molecule has 1 N–H and O–H groups in total. The molecule has 1 aromatic heterocycles. The lowest BCUT2D eigenvalue weighted by atomic mass is 10.0. The molecule has 0 bridgehead atoms. The van der Waals surface area contributed by atoms with Crippen molar-refractivity contribution >= 4 is 11.9 Å². The molecule has 0 unspecified atom stereocenters. The topological polar surface area (TPSA) is 62.4 Å². The third-order valence-corrected chi connectivity index (χ3v) is 4.74. The van der Waals surface area contributed by atoms with Crippen molar-refractivity contribution in [3.8, 4) is 0 Å². The van der Waals surface area contributed by atoms with Crippen LogP contribution in [0.2, 0.25) is 0 Å². The number of esters is 1. The SMILES string of the molecule is COC(=O)c1c(C)[nH]c(C(=O)N2CCC[C@H]2c2ccccc2)c1C. The van der Waals surface area contributed by atoms with Crippen molar-refractivity contribution in [2.75, 3.05) is 13.7 Å². The Balaban J connectivity index is 1.93. The van der Waals surface area contributed by atoms with Gasteiger partial charge in [-0.1, -0.05) is 30.3 Å². The fourth-order valence-electron chi connectivity index (χ4n) is 3.55. The second kappa shape index (κ2) is 6.51. The number of benzene rings is 1. The maximum Gasteiger partial charge on any atom is 0.339 e. The van der Waals surface area contributed by atoms with E-state index in [1.54, 1.807) is 13.8 Å². The van der Waals surface area contributed by atoms with Crippen molar-refractivity contribution in [2.45, 2.75) is 32.7 Å². The van der Waals surface area contributed by atoms with Crippen molar-refractivity contribution in [3.63, 3.8) is 0 Å². The molecule has 1 fully saturated rings. The summed E-state index contributed by atoms with van der Waals surface area (Å²) in [5, 5.41) is 0. The van der Waals surface area contributed by atoms with Crippen molar-refractivity contribution in [1.82, 2.24) is 9.88 Å². The summed E-state index contributed by atoms with van der Waals surface area (Å²) in [6, 6.07) is 10.2. The summed E-state index contributed by atoms with van der Waals surface area (Å²) >= 11 is 0. The number of carbonyl (C=O) groups is 2. The van der Waals surface area contributed by atoms with E-state index >= 15 is 0 Å². The molecule has 5 nitrogen and oxygen atoms in total. The number of nitrogens with zero attached hydrogens (tertiary/aromatic N) is 1. The average Bonchev–Trinajstić information content (AvgIpc) is 3.19. The second-order valence-electron chi connectivity index (χ2n) is 6.18. The maximum atomic E-state index is 13.1. The van der Waals surface area contributed by atoms with Crippen LogP contribution < -0.4 is 0 Å². The normalized spacial score (nSPS) is 17.1. The Morgan fingerprint density at radius 2 is 1.92 bits per heavy atom. The smallest absolute Gasteiger partial charge is 0.339 e. The van der Waals surface area contributed by atoms with Crippen LogP contribution in [0.25, 0.3) is 0 Å². The number of methoxy groups -OCH3 is 1. The fraction of sp³-hybridized carbons (Fsp3) is 0.368. The number of likely N-dealkylation sites (tertiary alicyclic amines) is 1. The molecule has 1 saturated heterocycles. The zero-order valence-electron chi connectivity index (χ0n) is 14.3. The van der Waals surface area contributed by atoms with E-state index in [0.29, 0.717) is 22.5 Å². The van der Waals surface area contributed by atoms with Gasteiger partial charge in [0.1, 0.15) is 5.69 Å². The predicted octanol–water partition coefficient (Wildman–Crippen LogP) is 3.40. The number of carbonyl (C=O) groups excluding carboxylic acids is 2. The van der Waals surface area contributed by atoms with Crippen molar-refractivity contribution in [1.29, 1.82) is 0 Å². The van der Waals surface area contributed by atoms with Crippen LogP contribution in [0.3, 0.4) is 0 Å². The first kappa shape index (κ1) is 16.3. The highest BCUT2D eigenvalue weighted by Crippen LogP contribution is 2.33. The average molecular weight is 326 g/mol. The monoisotopic (exact) mass is 326 g/mol. The lowest BCUT2D eigenvalue weighted by molar-refractivity contribution is 0.0599. The van der Waals surface area contributed by atoms with Crippen molar-refractivity contribution in [3.05, 3.63) is 58.4 Å². The Bertz CT molecular complexity index is 764. The first-order valence-electron chi connectivity index (χ1n) is 8.18. The quantitative estimate of drug-likeness (QED) is 0.879. The third kappa shape index (κ3) is 2.70. The molecule has 0 saturated carbocycles. The Morgan fingerprint density at radius 3 is 2.58 bits per heavy atom. The summed E-state index contributed by atoms with van der Waals surface area (Å²) in [4.78, 5) is 30.0. The van der Waals surface area contributed by atoms with Crippen LogP contribution in [0.1, 0.15) is 56.6 Å². The van der Waals surface area contributed by atoms with Crippen molar-refractivity contribution in [2.24, 2.45) is 0 Å². The van der Waals surface area contributed by atoms with Gasteiger partial charge >= 0.3 is 5.97 Å². The third-order valence-electron chi connectivity index (χ3n) is 4.74. The van der Waals surface area contributed by atoms with Crippen LogP contribution >= 0.6 is 0 Å². The highest BCUT2D eigenvalue weighted by atomic mass is 16.5. The molecule has 1 aromatic carbocycles. The van der Waals surface area contributed by atoms with Crippen LogP contribution in [0.15, 0.2) is 30.3 Å². The Labute approximate surface area is 141 Å². The molecule has 2 aromatic rings. The maximum absolute atomic E-state index is 13.1. The molecule has 24 heavy (non-hydrogen) atoms. The van der Waals surface area contributed by atoms with Gasteiger partial charge in [-0.15, -0.1) is 0 Å². The molecule has 126 valence electrons. The van der Waals surface area contributed by atoms with Crippen LogP contribution in [0, 0.1) is 13.8 Å². The number of amides is 1. The predicted molar refractivity (Wildman–Crippen MR) is 91.1 cm³/mol. The Hall–Kier alpha value is -2.56. The zero-order valence-corrected chi connectivity index (χ0v) is 14.3. The molecule has 1 aliphatic rings. The number of nitrogens with one attached hydrogen (secondary N) is 1. The number of aryl methyl sites for hydroxylation is 1. The summed E-state index contributed by atoms with van der Waals surface area (Å²) < 4.78 is 4.82. The van der Waals surface area contributed by atoms with Gasteiger partial charge in [0.15, 0.2) is 0 Å². The van der Waals surface area contributed by atoms with Crippen LogP contribution in [0.4, 0.5) is 0 Å². The highest BCUT2D eigenvalue weighted by Gasteiger charge is 2.33. The number of hydrogen-bond donors (Lipinski definition) is 1. The van der Waals surface area contributed by atoms with Gasteiger partial charge in [-0.25, -0.2) is 4.79 Å². The largest absolute Gasteiger partial charge is 0.465 e. The number of hydrogen-bond acceptors (Lipinski definition) is 3. The standard InChI is InChI=1S/C19H22N2O3/c1-12-16(19(23)24-3)13(2)20-17(12)18(22)21-11-7-10-15(21)14-8-5-4-6-9-14/h4-6,8-9,15,20H,7,10-11H2,1-3H3/t15-/m0/s1.